The summed E-state index contributed by atoms with van der Waals surface area (Å²) < 4.78 is 7.31. The number of methoxy groups -OCH3 is 1. The lowest BCUT2D eigenvalue weighted by Gasteiger charge is -2.24. The quantitative estimate of drug-likeness (QED) is 0.937. The average Bonchev–Trinajstić information content (AvgIpc) is 2.69. The van der Waals surface area contributed by atoms with Gasteiger partial charge in [-0.1, -0.05) is 30.9 Å². The molecule has 0 aliphatic heterocycles. The van der Waals surface area contributed by atoms with Crippen molar-refractivity contribution in [2.24, 2.45) is 13.0 Å². The average molecular weight is 285 g/mol. The first-order valence-corrected chi connectivity index (χ1v) is 7.56. The second kappa shape index (κ2) is 5.43. The van der Waals surface area contributed by atoms with Gasteiger partial charge in [0.1, 0.15) is 11.6 Å². The number of rotatable bonds is 4. The molecular formula is C17H23N3O. The maximum absolute atomic E-state index is 6.29. The van der Waals surface area contributed by atoms with Gasteiger partial charge in [-0.25, -0.2) is 0 Å². The Kier molecular flexibility index (Phi) is 3.62. The van der Waals surface area contributed by atoms with E-state index in [-0.39, 0.29) is 0 Å². The van der Waals surface area contributed by atoms with Crippen molar-refractivity contribution in [3.05, 3.63) is 29.5 Å². The van der Waals surface area contributed by atoms with Crippen LogP contribution in [-0.2, 0) is 13.5 Å². The summed E-state index contributed by atoms with van der Waals surface area (Å²) in [6.45, 7) is 2.08. The SMILES string of the molecule is COc1ccc(C)cc1-c1c(CC2CCC2)nn(C)c1N. The van der Waals surface area contributed by atoms with E-state index in [1.807, 2.05) is 13.1 Å². The molecule has 2 aromatic rings. The summed E-state index contributed by atoms with van der Waals surface area (Å²) in [5.74, 6) is 2.33. The van der Waals surface area contributed by atoms with Gasteiger partial charge in [-0.05, 0) is 31.4 Å². The summed E-state index contributed by atoms with van der Waals surface area (Å²) in [7, 11) is 3.61. The zero-order valence-electron chi connectivity index (χ0n) is 13.0. The van der Waals surface area contributed by atoms with Crippen LogP contribution in [0.5, 0.6) is 5.75 Å². The molecule has 1 fully saturated rings. The number of hydrogen-bond donors (Lipinski definition) is 1. The molecule has 1 aliphatic rings. The highest BCUT2D eigenvalue weighted by Gasteiger charge is 2.24. The highest BCUT2D eigenvalue weighted by Crippen LogP contribution is 2.39. The summed E-state index contributed by atoms with van der Waals surface area (Å²) in [4.78, 5) is 0. The Morgan fingerprint density at radius 3 is 2.76 bits per heavy atom. The Hall–Kier alpha value is -1.97. The Labute approximate surface area is 125 Å². The van der Waals surface area contributed by atoms with E-state index in [0.717, 1.165) is 34.9 Å². The maximum Gasteiger partial charge on any atom is 0.129 e. The molecule has 1 saturated carbocycles. The van der Waals surface area contributed by atoms with E-state index in [1.54, 1.807) is 11.8 Å². The lowest BCUT2D eigenvalue weighted by Crippen LogP contribution is -2.14. The van der Waals surface area contributed by atoms with Gasteiger partial charge < -0.3 is 10.5 Å². The van der Waals surface area contributed by atoms with Crippen LogP contribution in [0.4, 0.5) is 5.82 Å². The van der Waals surface area contributed by atoms with Gasteiger partial charge in [-0.3, -0.25) is 4.68 Å². The summed E-state index contributed by atoms with van der Waals surface area (Å²) in [5, 5.41) is 4.65. The van der Waals surface area contributed by atoms with E-state index in [2.05, 4.69) is 24.2 Å². The Balaban J connectivity index is 2.09. The highest BCUT2D eigenvalue weighted by molar-refractivity contribution is 5.81. The van der Waals surface area contributed by atoms with Crippen molar-refractivity contribution >= 4 is 5.82 Å². The third-order valence-electron chi connectivity index (χ3n) is 4.50. The van der Waals surface area contributed by atoms with Crippen LogP contribution in [0.3, 0.4) is 0 Å². The van der Waals surface area contributed by atoms with E-state index in [4.69, 9.17) is 10.5 Å². The first kappa shape index (κ1) is 14.0. The Morgan fingerprint density at radius 2 is 2.14 bits per heavy atom. The van der Waals surface area contributed by atoms with Crippen molar-refractivity contribution in [1.29, 1.82) is 0 Å². The third kappa shape index (κ3) is 2.50. The zero-order chi connectivity index (χ0) is 15.0. The molecule has 112 valence electrons. The summed E-state index contributed by atoms with van der Waals surface area (Å²) >= 11 is 0. The maximum atomic E-state index is 6.29. The molecule has 0 saturated heterocycles. The van der Waals surface area contributed by atoms with Crippen LogP contribution >= 0.6 is 0 Å². The van der Waals surface area contributed by atoms with E-state index in [0.29, 0.717) is 5.82 Å². The fraction of sp³-hybridized carbons (Fsp3) is 0.471. The van der Waals surface area contributed by atoms with Gasteiger partial charge in [0.2, 0.25) is 0 Å². The fourth-order valence-corrected chi connectivity index (χ4v) is 3.02. The number of nitrogens with zero attached hydrogens (tertiary/aromatic N) is 2. The summed E-state index contributed by atoms with van der Waals surface area (Å²) in [6, 6.07) is 6.20. The molecule has 3 rings (SSSR count). The zero-order valence-corrected chi connectivity index (χ0v) is 13.0. The number of aryl methyl sites for hydroxylation is 2. The lowest BCUT2D eigenvalue weighted by atomic mass is 9.81. The summed E-state index contributed by atoms with van der Waals surface area (Å²) in [6.07, 6.45) is 4.97. The second-order valence-corrected chi connectivity index (χ2v) is 6.04. The van der Waals surface area contributed by atoms with Crippen molar-refractivity contribution in [3.63, 3.8) is 0 Å². The molecule has 0 bridgehead atoms. The fourth-order valence-electron chi connectivity index (χ4n) is 3.02. The molecule has 2 N–H and O–H groups in total. The van der Waals surface area contributed by atoms with E-state index in [1.165, 1.54) is 24.8 Å². The molecule has 0 radical (unpaired) electrons. The third-order valence-corrected chi connectivity index (χ3v) is 4.50. The highest BCUT2D eigenvalue weighted by atomic mass is 16.5. The standard InChI is InChI=1S/C17H23N3O/c1-11-7-8-15(21-3)13(9-11)16-14(10-12-5-4-6-12)19-20(2)17(16)18/h7-9,12H,4-6,10,18H2,1-3H3. The van der Waals surface area contributed by atoms with Crippen molar-refractivity contribution in [3.8, 4) is 16.9 Å². The van der Waals surface area contributed by atoms with E-state index >= 15 is 0 Å². The smallest absolute Gasteiger partial charge is 0.129 e. The first-order chi connectivity index (χ1) is 10.1. The number of nitrogen functional groups attached to an aromatic ring is 1. The van der Waals surface area contributed by atoms with Crippen LogP contribution in [0.1, 0.15) is 30.5 Å². The Bertz CT molecular complexity index is 656. The molecule has 1 aliphatic carbocycles. The molecule has 0 unspecified atom stereocenters. The molecule has 21 heavy (non-hydrogen) atoms. The number of benzene rings is 1. The minimum absolute atomic E-state index is 0.716. The molecule has 0 amide bonds. The van der Waals surface area contributed by atoms with Crippen molar-refractivity contribution in [2.75, 3.05) is 12.8 Å². The minimum Gasteiger partial charge on any atom is -0.496 e. The largest absolute Gasteiger partial charge is 0.496 e. The molecule has 0 atom stereocenters. The van der Waals surface area contributed by atoms with Crippen LogP contribution in [-0.4, -0.2) is 16.9 Å². The number of aromatic nitrogens is 2. The monoisotopic (exact) mass is 285 g/mol. The van der Waals surface area contributed by atoms with Gasteiger partial charge in [-0.2, -0.15) is 5.10 Å². The van der Waals surface area contributed by atoms with Gasteiger partial charge in [-0.15, -0.1) is 0 Å². The van der Waals surface area contributed by atoms with Crippen LogP contribution < -0.4 is 10.5 Å². The van der Waals surface area contributed by atoms with Crippen LogP contribution in [0.2, 0.25) is 0 Å². The molecular weight excluding hydrogens is 262 g/mol. The second-order valence-electron chi connectivity index (χ2n) is 6.04. The molecule has 4 heteroatoms. The minimum atomic E-state index is 0.716. The van der Waals surface area contributed by atoms with E-state index in [9.17, 15) is 0 Å². The van der Waals surface area contributed by atoms with Crippen molar-refractivity contribution in [2.45, 2.75) is 32.6 Å². The number of anilines is 1. The molecule has 1 aromatic heterocycles. The predicted molar refractivity (Wildman–Crippen MR) is 85.4 cm³/mol. The van der Waals surface area contributed by atoms with Gasteiger partial charge in [0, 0.05) is 12.6 Å². The number of nitrogens with two attached hydrogens (primary N) is 1. The number of hydrogen-bond acceptors (Lipinski definition) is 3. The van der Waals surface area contributed by atoms with Gasteiger partial charge in [0.05, 0.1) is 18.4 Å². The van der Waals surface area contributed by atoms with Gasteiger partial charge in [0.15, 0.2) is 0 Å². The van der Waals surface area contributed by atoms with Crippen molar-refractivity contribution < 1.29 is 4.74 Å². The predicted octanol–water partition coefficient (Wildman–Crippen LogP) is 3.33. The van der Waals surface area contributed by atoms with Crippen LogP contribution in [0, 0.1) is 12.8 Å². The Morgan fingerprint density at radius 1 is 1.38 bits per heavy atom. The summed E-state index contributed by atoms with van der Waals surface area (Å²) in [5.41, 5.74) is 10.7. The molecule has 4 nitrogen and oxygen atoms in total. The number of ether oxygens (including phenoxy) is 1. The van der Waals surface area contributed by atoms with Crippen molar-refractivity contribution in [1.82, 2.24) is 9.78 Å². The van der Waals surface area contributed by atoms with Crippen LogP contribution in [0.15, 0.2) is 18.2 Å². The van der Waals surface area contributed by atoms with Crippen LogP contribution in [0.25, 0.3) is 11.1 Å². The van der Waals surface area contributed by atoms with Gasteiger partial charge in [0.25, 0.3) is 0 Å². The normalized spacial score (nSPS) is 15.0. The van der Waals surface area contributed by atoms with Gasteiger partial charge >= 0.3 is 0 Å². The topological polar surface area (TPSA) is 53.1 Å². The van der Waals surface area contributed by atoms with E-state index < -0.39 is 0 Å². The lowest BCUT2D eigenvalue weighted by molar-refractivity contribution is 0.311. The first-order valence-electron chi connectivity index (χ1n) is 7.56. The molecule has 0 spiro atoms. The molecule has 1 aromatic carbocycles. The molecule has 1 heterocycles.